The van der Waals surface area contributed by atoms with Crippen LogP contribution in [0.5, 0.6) is 0 Å². The van der Waals surface area contributed by atoms with Crippen LogP contribution in [0.4, 0.5) is 9.59 Å². The van der Waals surface area contributed by atoms with Gasteiger partial charge in [0.15, 0.2) is 0 Å². The number of nitrogens with two attached hydrogens (primary N) is 2. The van der Waals surface area contributed by atoms with Gasteiger partial charge >= 0.3 is 19.5 Å². The first kappa shape index (κ1) is 22.6. The van der Waals surface area contributed by atoms with Crippen molar-refractivity contribution in [3.63, 3.8) is 0 Å². The van der Waals surface area contributed by atoms with E-state index in [1.165, 1.54) is 0 Å². The van der Waals surface area contributed by atoms with E-state index in [0.717, 1.165) is 0 Å². The maximum absolute atomic E-state index is 9.04. The van der Waals surface area contributed by atoms with E-state index in [9.17, 15) is 0 Å². The number of primary amides is 2. The van der Waals surface area contributed by atoms with Gasteiger partial charge < -0.3 is 46.3 Å². The molecule has 0 aromatic rings. The molecule has 66 valence electrons. The van der Waals surface area contributed by atoms with Crippen LogP contribution in [0.1, 0.15) is 6.92 Å². The second-order valence-corrected chi connectivity index (χ2v) is 1.85. The molecule has 0 saturated carbocycles. The van der Waals surface area contributed by atoms with Crippen molar-refractivity contribution in [1.29, 1.82) is 0 Å². The zero-order valence-corrected chi connectivity index (χ0v) is 11.4. The fourth-order valence-corrected chi connectivity index (χ4v) is 0. The van der Waals surface area contributed by atoms with Crippen molar-refractivity contribution >= 4 is 35.7 Å². The Morgan fingerprint density at radius 2 is 1.25 bits per heavy atom. The number of carbonyl (C=O) groups is 2. The fourth-order valence-electron chi connectivity index (χ4n) is 0. The maximum atomic E-state index is 9.04. The van der Waals surface area contributed by atoms with Gasteiger partial charge in [0, 0.05) is 0 Å². The molecule has 4 nitrogen and oxygen atoms in total. The molecular formula is C5H10N2O2S2Zn. The Balaban J connectivity index is -0.0000000389. The third-order valence-corrected chi connectivity index (χ3v) is 0. The second-order valence-electron chi connectivity index (χ2n) is 1.05. The van der Waals surface area contributed by atoms with Crippen molar-refractivity contribution in [2.24, 2.45) is 11.5 Å². The van der Waals surface area contributed by atoms with E-state index in [1.807, 2.05) is 6.92 Å². The normalized spacial score (nSPS) is 5.08. The Morgan fingerprint density at radius 3 is 1.25 bits per heavy atom. The van der Waals surface area contributed by atoms with Gasteiger partial charge in [0.2, 0.25) is 0 Å². The van der Waals surface area contributed by atoms with Gasteiger partial charge in [0.05, 0.1) is 10.5 Å². The van der Waals surface area contributed by atoms with Gasteiger partial charge in [-0.3, -0.25) is 0 Å². The van der Waals surface area contributed by atoms with Gasteiger partial charge in [-0.1, -0.05) is 6.08 Å². The summed E-state index contributed by atoms with van der Waals surface area (Å²) >= 11 is 7.52. The molecule has 0 fully saturated rings. The molecule has 0 heterocycles. The van der Waals surface area contributed by atoms with E-state index in [1.54, 1.807) is 6.08 Å². The van der Waals surface area contributed by atoms with Crippen LogP contribution in [0.2, 0.25) is 0 Å². The third-order valence-electron chi connectivity index (χ3n) is 0. The quantitative estimate of drug-likeness (QED) is 0.375. The molecule has 4 N–H and O–H groups in total. The van der Waals surface area contributed by atoms with Crippen LogP contribution < -0.4 is 11.5 Å². The van der Waals surface area contributed by atoms with Crippen molar-refractivity contribution < 1.29 is 29.1 Å². The largest absolute Gasteiger partial charge is 2.00 e. The Kier molecular flexibility index (Phi) is 42.3. The first-order valence-corrected chi connectivity index (χ1v) is 3.20. The van der Waals surface area contributed by atoms with E-state index in [0.29, 0.717) is 0 Å². The van der Waals surface area contributed by atoms with Crippen LogP contribution in [-0.2, 0) is 44.7 Å². The molecule has 0 atom stereocenters. The molecule has 12 heavy (non-hydrogen) atoms. The molecule has 2 amide bonds. The monoisotopic (exact) mass is 258 g/mol. The van der Waals surface area contributed by atoms with Crippen LogP contribution in [0.25, 0.3) is 0 Å². The summed E-state index contributed by atoms with van der Waals surface area (Å²) in [5.41, 5.74) is 8.57. The van der Waals surface area contributed by atoms with Crippen LogP contribution >= 0.6 is 0 Å². The Bertz CT molecular complexity index is 113. The summed E-state index contributed by atoms with van der Waals surface area (Å²) in [6, 6.07) is 0. The molecule has 0 aliphatic carbocycles. The number of rotatable bonds is 0. The zero-order valence-electron chi connectivity index (χ0n) is 6.78. The first-order valence-electron chi connectivity index (χ1n) is 2.38. The topological polar surface area (TPSA) is 86.2 Å². The van der Waals surface area contributed by atoms with Crippen LogP contribution in [-0.4, -0.2) is 10.5 Å². The van der Waals surface area contributed by atoms with E-state index in [2.05, 4.69) is 43.3 Å². The smallest absolute Gasteiger partial charge is 0.719 e. The summed E-state index contributed by atoms with van der Waals surface area (Å²) in [7, 11) is 0. The zero-order chi connectivity index (χ0) is 9.86. The minimum absolute atomic E-state index is 0. The predicted octanol–water partition coefficient (Wildman–Crippen LogP) is 0.414. The Morgan fingerprint density at radius 1 is 1.25 bits per heavy atom. The Hall–Kier alpha value is -0.257. The van der Waals surface area contributed by atoms with Crippen molar-refractivity contribution in [3.8, 4) is 0 Å². The van der Waals surface area contributed by atoms with Crippen molar-refractivity contribution in [1.82, 2.24) is 0 Å². The predicted molar refractivity (Wildman–Crippen MR) is 49.8 cm³/mol. The molecule has 7 heteroatoms. The van der Waals surface area contributed by atoms with E-state index < -0.39 is 10.5 Å². The average Bonchev–Trinajstić information content (AvgIpc) is 1.60. The summed E-state index contributed by atoms with van der Waals surface area (Å²) < 4.78 is 0. The second kappa shape index (κ2) is 22.4. The number of amides is 2. The van der Waals surface area contributed by atoms with Gasteiger partial charge in [-0.2, -0.15) is 0 Å². The van der Waals surface area contributed by atoms with Crippen molar-refractivity contribution in [2.75, 3.05) is 0 Å². The summed E-state index contributed by atoms with van der Waals surface area (Å²) in [6.45, 7) is 5.25. The molecule has 0 spiro atoms. The minimum atomic E-state index is -0.750. The number of carbonyl (C=O) groups excluding carboxylic acids is 2. The van der Waals surface area contributed by atoms with Crippen LogP contribution in [0.3, 0.4) is 0 Å². The third kappa shape index (κ3) is 11300. The van der Waals surface area contributed by atoms with E-state index >= 15 is 0 Å². The number of hydrogen-bond acceptors (Lipinski definition) is 4. The average molecular weight is 260 g/mol. The van der Waals surface area contributed by atoms with Gasteiger partial charge in [0.25, 0.3) is 0 Å². The summed E-state index contributed by atoms with van der Waals surface area (Å²) in [6.07, 6.45) is 1.75. The van der Waals surface area contributed by atoms with Crippen LogP contribution in [0.15, 0.2) is 12.7 Å². The number of allylic oxidation sites excluding steroid dienone is 1. The van der Waals surface area contributed by atoms with E-state index in [4.69, 9.17) is 9.59 Å². The first-order chi connectivity index (χ1) is 4.88. The molecule has 0 saturated heterocycles. The number of hydrogen-bond donors (Lipinski definition) is 2. The van der Waals surface area contributed by atoms with E-state index in [-0.39, 0.29) is 19.5 Å². The van der Waals surface area contributed by atoms with Crippen molar-refractivity contribution in [3.05, 3.63) is 12.7 Å². The Labute approximate surface area is 95.7 Å². The fraction of sp³-hybridized carbons (Fsp3) is 0.200. The summed E-state index contributed by atoms with van der Waals surface area (Å²) in [5.74, 6) is 0. The molecule has 0 aromatic carbocycles. The van der Waals surface area contributed by atoms with Gasteiger partial charge in [-0.25, -0.2) is 0 Å². The summed E-state index contributed by atoms with van der Waals surface area (Å²) in [5, 5.41) is -1.50. The molecule has 0 aliphatic heterocycles. The van der Waals surface area contributed by atoms with Gasteiger partial charge in [0.1, 0.15) is 0 Å². The van der Waals surface area contributed by atoms with Gasteiger partial charge in [-0.05, 0) is 6.92 Å². The minimum Gasteiger partial charge on any atom is -0.719 e. The SMILES string of the molecule is C=CC.NC(=O)[S-].NC(=O)[S-].[Zn+2]. The standard InChI is InChI=1S/C3H6.2CH3NOS.Zn/c1-3-2;2*2-1(3)4;/h3H,1H2,2H3;2*(H3,2,3,4);/q;;;+2/p-2. The molecule has 0 radical (unpaired) electrons. The molecule has 0 rings (SSSR count). The van der Waals surface area contributed by atoms with Crippen molar-refractivity contribution in [2.45, 2.75) is 6.92 Å². The molecule has 0 bridgehead atoms. The maximum Gasteiger partial charge on any atom is 2.00 e. The molecular weight excluding hydrogens is 250 g/mol. The molecule has 0 aromatic heterocycles. The molecule has 0 unspecified atom stereocenters. The summed E-state index contributed by atoms with van der Waals surface area (Å²) in [4.78, 5) is 18.1. The molecule has 0 aliphatic rings. The van der Waals surface area contributed by atoms with Gasteiger partial charge in [-0.15, -0.1) is 6.58 Å². The van der Waals surface area contributed by atoms with Crippen LogP contribution in [0, 0.1) is 0 Å².